The van der Waals surface area contributed by atoms with Crippen molar-refractivity contribution >= 4 is 0 Å². The van der Waals surface area contributed by atoms with Crippen LogP contribution in [-0.4, -0.2) is 39.5 Å². The van der Waals surface area contributed by atoms with Crippen LogP contribution >= 0.6 is 0 Å². The molecule has 0 aliphatic rings. The van der Waals surface area contributed by atoms with Gasteiger partial charge in [-0.05, 0) is 37.5 Å². The summed E-state index contributed by atoms with van der Waals surface area (Å²) in [6, 6.07) is 4.46. The van der Waals surface area contributed by atoms with E-state index in [1.54, 1.807) is 14.0 Å². The van der Waals surface area contributed by atoms with Crippen molar-refractivity contribution in [3.05, 3.63) is 28.8 Å². The predicted molar refractivity (Wildman–Crippen MR) is 99.3 cm³/mol. The molecule has 0 radical (unpaired) electrons. The molecule has 0 amide bonds. The highest BCUT2D eigenvalue weighted by Crippen LogP contribution is 2.24. The van der Waals surface area contributed by atoms with E-state index in [1.165, 1.54) is 28.1 Å². The first kappa shape index (κ1) is 25.9. The van der Waals surface area contributed by atoms with Crippen LogP contribution in [0.3, 0.4) is 0 Å². The molecule has 1 rings (SSSR count). The third kappa shape index (κ3) is 12.7. The highest BCUT2D eigenvalue weighted by Gasteiger charge is 2.05. The van der Waals surface area contributed by atoms with Gasteiger partial charge in [-0.3, -0.25) is 0 Å². The standard InChI is InChI=1S/C13H21NO.C2H6O.2C2H6/c1-10-8-12(6-7-14(3)4)9-11(2)13(10)15-5;1-2-3;2*1-2/h8-9H,6-7H2,1-5H3;3H,2H2,1H3;2*1-2H3/p+1. The summed E-state index contributed by atoms with van der Waals surface area (Å²) in [6.07, 6.45) is 1.13. The number of methoxy groups -OCH3 is 1. The molecule has 0 aliphatic heterocycles. The molecular weight excluding hydrogens is 274 g/mol. The molecule has 0 atom stereocenters. The summed E-state index contributed by atoms with van der Waals surface area (Å²) in [7, 11) is 6.10. The van der Waals surface area contributed by atoms with E-state index in [0.717, 1.165) is 12.2 Å². The fourth-order valence-electron chi connectivity index (χ4n) is 1.90. The Hall–Kier alpha value is -1.06. The minimum atomic E-state index is 0.250. The zero-order chi connectivity index (χ0) is 18.1. The molecule has 22 heavy (non-hydrogen) atoms. The van der Waals surface area contributed by atoms with E-state index in [9.17, 15) is 0 Å². The van der Waals surface area contributed by atoms with E-state index in [-0.39, 0.29) is 6.61 Å². The van der Waals surface area contributed by atoms with Crippen molar-refractivity contribution in [1.29, 1.82) is 0 Å². The van der Waals surface area contributed by atoms with E-state index in [0.29, 0.717) is 0 Å². The minimum Gasteiger partial charge on any atom is -0.496 e. The second-order valence-corrected chi connectivity index (χ2v) is 4.79. The van der Waals surface area contributed by atoms with E-state index in [2.05, 4.69) is 40.1 Å². The zero-order valence-electron chi connectivity index (χ0n) is 16.6. The summed E-state index contributed by atoms with van der Waals surface area (Å²) in [5, 5.41) is 7.57. The summed E-state index contributed by atoms with van der Waals surface area (Å²) in [6.45, 7) is 15.3. The Kier molecular flexibility index (Phi) is 21.2. The summed E-state index contributed by atoms with van der Waals surface area (Å²) in [5.41, 5.74) is 3.88. The van der Waals surface area contributed by atoms with Gasteiger partial charge in [0.25, 0.3) is 0 Å². The van der Waals surface area contributed by atoms with Crippen molar-refractivity contribution in [2.24, 2.45) is 0 Å². The highest BCUT2D eigenvalue weighted by atomic mass is 16.5. The number of aliphatic hydroxyl groups excluding tert-OH is 1. The molecule has 1 aromatic rings. The van der Waals surface area contributed by atoms with Gasteiger partial charge in [0.2, 0.25) is 0 Å². The van der Waals surface area contributed by atoms with Gasteiger partial charge in [0.05, 0.1) is 27.7 Å². The largest absolute Gasteiger partial charge is 0.496 e. The molecule has 0 saturated carbocycles. The molecular formula is C19H40NO2+. The summed E-state index contributed by atoms with van der Waals surface area (Å²) in [4.78, 5) is 1.49. The smallest absolute Gasteiger partial charge is 0.124 e. The Labute approximate surface area is 139 Å². The first-order chi connectivity index (χ1) is 10.5. The molecule has 3 heteroatoms. The van der Waals surface area contributed by atoms with Crippen molar-refractivity contribution in [3.8, 4) is 5.75 Å². The molecule has 0 heterocycles. The number of quaternary nitrogens is 1. The van der Waals surface area contributed by atoms with Gasteiger partial charge < -0.3 is 14.7 Å². The fourth-order valence-corrected chi connectivity index (χ4v) is 1.90. The van der Waals surface area contributed by atoms with Crippen molar-refractivity contribution in [2.75, 3.05) is 34.4 Å². The molecule has 0 aliphatic carbocycles. The molecule has 132 valence electrons. The number of likely N-dealkylation sites (N-methyl/N-ethyl adjacent to an activating group) is 1. The Morgan fingerprint density at radius 1 is 1.00 bits per heavy atom. The maximum absolute atomic E-state index is 7.57. The van der Waals surface area contributed by atoms with Crippen LogP contribution in [0.2, 0.25) is 0 Å². The third-order valence-electron chi connectivity index (χ3n) is 2.64. The number of benzene rings is 1. The second-order valence-electron chi connectivity index (χ2n) is 4.79. The number of hydrogen-bond donors (Lipinski definition) is 2. The Morgan fingerprint density at radius 3 is 1.64 bits per heavy atom. The number of hydrogen-bond acceptors (Lipinski definition) is 2. The molecule has 1 aromatic carbocycles. The van der Waals surface area contributed by atoms with Gasteiger partial charge >= 0.3 is 0 Å². The maximum Gasteiger partial charge on any atom is 0.124 e. The molecule has 0 saturated heterocycles. The maximum atomic E-state index is 7.57. The van der Waals surface area contributed by atoms with Crippen LogP contribution in [0.1, 0.15) is 51.3 Å². The molecule has 3 nitrogen and oxygen atoms in total. The van der Waals surface area contributed by atoms with Crippen LogP contribution in [-0.2, 0) is 6.42 Å². The highest BCUT2D eigenvalue weighted by molar-refractivity contribution is 5.43. The SMILES string of the molecule is CC.CC.CCO.COc1c(C)cc(CC[NH+](C)C)cc1C. The van der Waals surface area contributed by atoms with E-state index in [1.807, 2.05) is 27.7 Å². The average molecular weight is 315 g/mol. The van der Waals surface area contributed by atoms with E-state index >= 15 is 0 Å². The molecule has 2 N–H and O–H groups in total. The number of aryl methyl sites for hydroxylation is 2. The molecule has 0 aromatic heterocycles. The minimum absolute atomic E-state index is 0.250. The first-order valence-electron chi connectivity index (χ1n) is 8.50. The van der Waals surface area contributed by atoms with Crippen molar-refractivity contribution in [2.45, 2.75) is 54.9 Å². The lowest BCUT2D eigenvalue weighted by Gasteiger charge is -2.12. The number of ether oxygens (including phenoxy) is 1. The summed E-state index contributed by atoms with van der Waals surface area (Å²) < 4.78 is 5.35. The second kappa shape index (κ2) is 18.0. The monoisotopic (exact) mass is 314 g/mol. The Bertz CT molecular complexity index is 326. The normalized spacial score (nSPS) is 8.73. The number of aliphatic hydroxyl groups is 1. The van der Waals surface area contributed by atoms with Crippen LogP contribution in [0.25, 0.3) is 0 Å². The van der Waals surface area contributed by atoms with Crippen LogP contribution in [0.15, 0.2) is 12.1 Å². The summed E-state index contributed by atoms with van der Waals surface area (Å²) >= 11 is 0. The van der Waals surface area contributed by atoms with Gasteiger partial charge in [0.15, 0.2) is 0 Å². The molecule has 0 fully saturated rings. The lowest BCUT2D eigenvalue weighted by Crippen LogP contribution is -3.05. The Morgan fingerprint density at radius 2 is 1.36 bits per heavy atom. The molecule has 0 spiro atoms. The fraction of sp³-hybridized carbons (Fsp3) is 0.684. The van der Waals surface area contributed by atoms with Crippen LogP contribution in [0.4, 0.5) is 0 Å². The third-order valence-corrected chi connectivity index (χ3v) is 2.64. The molecule has 0 unspecified atom stereocenters. The van der Waals surface area contributed by atoms with Gasteiger partial charge in [-0.15, -0.1) is 0 Å². The van der Waals surface area contributed by atoms with Crippen molar-refractivity contribution in [1.82, 2.24) is 0 Å². The van der Waals surface area contributed by atoms with Gasteiger partial charge in [0.1, 0.15) is 5.75 Å². The summed E-state index contributed by atoms with van der Waals surface area (Å²) in [5.74, 6) is 1.02. The lowest BCUT2D eigenvalue weighted by atomic mass is 10.0. The predicted octanol–water partition coefficient (Wildman–Crippen LogP) is 3.05. The van der Waals surface area contributed by atoms with Crippen LogP contribution < -0.4 is 9.64 Å². The van der Waals surface area contributed by atoms with Crippen molar-refractivity contribution < 1.29 is 14.7 Å². The molecule has 0 bridgehead atoms. The van der Waals surface area contributed by atoms with E-state index in [4.69, 9.17) is 9.84 Å². The number of rotatable bonds is 4. The number of nitrogens with one attached hydrogen (secondary N) is 1. The van der Waals surface area contributed by atoms with Crippen LogP contribution in [0.5, 0.6) is 5.75 Å². The lowest BCUT2D eigenvalue weighted by molar-refractivity contribution is -0.858. The first-order valence-corrected chi connectivity index (χ1v) is 8.50. The Balaban J connectivity index is -0.000000446. The van der Waals surface area contributed by atoms with Gasteiger partial charge in [-0.2, -0.15) is 0 Å². The topological polar surface area (TPSA) is 33.9 Å². The van der Waals surface area contributed by atoms with Gasteiger partial charge in [-0.25, -0.2) is 0 Å². The average Bonchev–Trinajstić information content (AvgIpc) is 2.50. The van der Waals surface area contributed by atoms with Gasteiger partial charge in [0, 0.05) is 13.0 Å². The quantitative estimate of drug-likeness (QED) is 0.895. The van der Waals surface area contributed by atoms with Gasteiger partial charge in [-0.1, -0.05) is 39.8 Å². The van der Waals surface area contributed by atoms with Crippen LogP contribution in [0, 0.1) is 13.8 Å². The van der Waals surface area contributed by atoms with Crippen molar-refractivity contribution in [3.63, 3.8) is 0 Å². The zero-order valence-corrected chi connectivity index (χ0v) is 16.6. The van der Waals surface area contributed by atoms with E-state index < -0.39 is 0 Å².